The van der Waals surface area contributed by atoms with Gasteiger partial charge < -0.3 is 11.1 Å². The molecule has 0 radical (unpaired) electrons. The van der Waals surface area contributed by atoms with Crippen molar-refractivity contribution >= 4 is 23.0 Å². The number of rotatable bonds is 4. The highest BCUT2D eigenvalue weighted by atomic mass is 32.1. The van der Waals surface area contributed by atoms with Crippen molar-refractivity contribution in [3.05, 3.63) is 32.8 Å². The number of nitrogens with two attached hydrogens (primary N) is 1. The van der Waals surface area contributed by atoms with E-state index in [1.807, 2.05) is 18.3 Å². The maximum absolute atomic E-state index is 6.02. The summed E-state index contributed by atoms with van der Waals surface area (Å²) in [7, 11) is 0. The van der Waals surface area contributed by atoms with Crippen molar-refractivity contribution in [3.63, 3.8) is 0 Å². The van der Waals surface area contributed by atoms with Crippen LogP contribution in [-0.2, 0) is 0 Å². The van der Waals surface area contributed by atoms with Crippen LogP contribution in [0.2, 0.25) is 0 Å². The van der Waals surface area contributed by atoms with Crippen LogP contribution in [0.5, 0.6) is 0 Å². The maximum atomic E-state index is 6.02. The minimum atomic E-state index is 0.197. The van der Waals surface area contributed by atoms with Gasteiger partial charge in [0.1, 0.15) is 17.5 Å². The molecule has 3 N–H and O–H groups in total. The summed E-state index contributed by atoms with van der Waals surface area (Å²) in [6.07, 6.45) is 0. The second kappa shape index (κ2) is 6.02. The Morgan fingerprint density at radius 2 is 1.81 bits per heavy atom. The Morgan fingerprint density at radius 1 is 1.14 bits per heavy atom. The van der Waals surface area contributed by atoms with Crippen LogP contribution in [0.3, 0.4) is 0 Å². The SMILES string of the molecule is Cc1cc(C(C)Nc2nc(C(C)C)nc(N)c2C)c(C)s1. The highest BCUT2D eigenvalue weighted by Gasteiger charge is 2.16. The van der Waals surface area contributed by atoms with Gasteiger partial charge in [0.15, 0.2) is 0 Å². The zero-order valence-corrected chi connectivity index (χ0v) is 14.4. The van der Waals surface area contributed by atoms with Crippen molar-refractivity contribution in [1.82, 2.24) is 9.97 Å². The topological polar surface area (TPSA) is 63.8 Å². The molecule has 0 saturated carbocycles. The summed E-state index contributed by atoms with van der Waals surface area (Å²) in [6.45, 7) is 12.6. The van der Waals surface area contributed by atoms with Gasteiger partial charge in [-0.25, -0.2) is 9.97 Å². The van der Waals surface area contributed by atoms with Crippen LogP contribution in [0.25, 0.3) is 0 Å². The lowest BCUT2D eigenvalue weighted by Crippen LogP contribution is -2.13. The molecule has 0 aliphatic rings. The number of hydrogen-bond donors (Lipinski definition) is 2. The van der Waals surface area contributed by atoms with Crippen molar-refractivity contribution in [3.8, 4) is 0 Å². The number of thiophene rings is 1. The Kier molecular flexibility index (Phi) is 4.52. The van der Waals surface area contributed by atoms with E-state index in [4.69, 9.17) is 5.73 Å². The van der Waals surface area contributed by atoms with Gasteiger partial charge in [0.2, 0.25) is 0 Å². The van der Waals surface area contributed by atoms with E-state index in [0.717, 1.165) is 17.2 Å². The van der Waals surface area contributed by atoms with Crippen molar-refractivity contribution < 1.29 is 0 Å². The van der Waals surface area contributed by atoms with Crippen LogP contribution < -0.4 is 11.1 Å². The highest BCUT2D eigenvalue weighted by Crippen LogP contribution is 2.30. The van der Waals surface area contributed by atoms with Crippen LogP contribution in [0.15, 0.2) is 6.07 Å². The van der Waals surface area contributed by atoms with Crippen LogP contribution in [0.4, 0.5) is 11.6 Å². The average Bonchev–Trinajstić information content (AvgIpc) is 2.73. The Bertz CT molecular complexity index is 646. The molecule has 0 fully saturated rings. The van der Waals surface area contributed by atoms with Gasteiger partial charge in [-0.05, 0) is 39.3 Å². The fourth-order valence-electron chi connectivity index (χ4n) is 2.31. The number of aromatic nitrogens is 2. The average molecular weight is 304 g/mol. The van der Waals surface area contributed by atoms with Crippen LogP contribution in [0, 0.1) is 20.8 Å². The number of nitrogens with zero attached hydrogens (tertiary/aromatic N) is 2. The van der Waals surface area contributed by atoms with Gasteiger partial charge in [-0.3, -0.25) is 0 Å². The van der Waals surface area contributed by atoms with E-state index in [1.165, 1.54) is 15.3 Å². The largest absolute Gasteiger partial charge is 0.383 e. The molecular weight excluding hydrogens is 280 g/mol. The third-order valence-corrected chi connectivity index (χ3v) is 4.60. The molecule has 0 saturated heterocycles. The first-order valence-corrected chi connectivity index (χ1v) is 8.08. The van der Waals surface area contributed by atoms with Gasteiger partial charge in [0.25, 0.3) is 0 Å². The standard InChI is InChI=1S/C16H24N4S/c1-8(2)15-19-14(17)10(4)16(20-15)18-11(5)13-7-9(3)21-12(13)6/h7-8,11H,1-6H3,(H3,17,18,19,20). The van der Waals surface area contributed by atoms with E-state index >= 15 is 0 Å². The first-order chi connectivity index (χ1) is 9.79. The normalized spacial score (nSPS) is 12.7. The van der Waals surface area contributed by atoms with E-state index in [1.54, 1.807) is 0 Å². The number of hydrogen-bond acceptors (Lipinski definition) is 5. The molecule has 2 rings (SSSR count). The molecule has 4 nitrogen and oxygen atoms in total. The monoisotopic (exact) mass is 304 g/mol. The lowest BCUT2D eigenvalue weighted by molar-refractivity contribution is 0.767. The summed E-state index contributed by atoms with van der Waals surface area (Å²) in [5.41, 5.74) is 8.25. The Morgan fingerprint density at radius 3 is 2.33 bits per heavy atom. The van der Waals surface area contributed by atoms with E-state index in [9.17, 15) is 0 Å². The minimum Gasteiger partial charge on any atom is -0.383 e. The third-order valence-electron chi connectivity index (χ3n) is 3.62. The first-order valence-electron chi connectivity index (χ1n) is 7.27. The number of nitrogens with one attached hydrogen (secondary N) is 1. The molecule has 0 amide bonds. The predicted octanol–water partition coefficient (Wildman–Crippen LogP) is 4.34. The maximum Gasteiger partial charge on any atom is 0.135 e. The minimum absolute atomic E-state index is 0.197. The number of aryl methyl sites for hydroxylation is 2. The second-order valence-electron chi connectivity index (χ2n) is 5.83. The smallest absolute Gasteiger partial charge is 0.135 e. The first kappa shape index (κ1) is 15.8. The van der Waals surface area contributed by atoms with Gasteiger partial charge in [-0.15, -0.1) is 11.3 Å². The molecule has 0 aromatic carbocycles. The van der Waals surface area contributed by atoms with Gasteiger partial charge >= 0.3 is 0 Å². The van der Waals surface area contributed by atoms with Gasteiger partial charge in [-0.2, -0.15) is 0 Å². The van der Waals surface area contributed by atoms with Gasteiger partial charge in [0.05, 0.1) is 6.04 Å². The predicted molar refractivity (Wildman–Crippen MR) is 91.1 cm³/mol. The summed E-state index contributed by atoms with van der Waals surface area (Å²) in [4.78, 5) is 11.7. The molecular formula is C16H24N4S. The zero-order valence-electron chi connectivity index (χ0n) is 13.6. The van der Waals surface area contributed by atoms with E-state index in [-0.39, 0.29) is 12.0 Å². The Hall–Kier alpha value is -1.62. The van der Waals surface area contributed by atoms with E-state index < -0.39 is 0 Å². The summed E-state index contributed by atoms with van der Waals surface area (Å²) in [5.74, 6) is 2.43. The molecule has 1 unspecified atom stereocenters. The molecule has 2 aromatic rings. The lowest BCUT2D eigenvalue weighted by Gasteiger charge is -2.18. The quantitative estimate of drug-likeness (QED) is 0.882. The molecule has 0 aliphatic carbocycles. The van der Waals surface area contributed by atoms with Crippen LogP contribution in [-0.4, -0.2) is 9.97 Å². The van der Waals surface area contributed by atoms with Crippen molar-refractivity contribution in [2.45, 2.75) is 53.5 Å². The molecule has 0 aliphatic heterocycles. The molecule has 21 heavy (non-hydrogen) atoms. The molecule has 2 heterocycles. The van der Waals surface area contributed by atoms with Crippen molar-refractivity contribution in [2.75, 3.05) is 11.1 Å². The summed E-state index contributed by atoms with van der Waals surface area (Å²) in [6, 6.07) is 2.43. The Labute approximate surface area is 130 Å². The number of anilines is 2. The fraction of sp³-hybridized carbons (Fsp3) is 0.500. The summed E-state index contributed by atoms with van der Waals surface area (Å²) >= 11 is 1.83. The zero-order chi connectivity index (χ0) is 15.7. The third kappa shape index (κ3) is 3.35. The molecule has 5 heteroatoms. The second-order valence-corrected chi connectivity index (χ2v) is 7.29. The van der Waals surface area contributed by atoms with Crippen molar-refractivity contribution in [1.29, 1.82) is 0 Å². The summed E-state index contributed by atoms with van der Waals surface area (Å²) in [5, 5.41) is 3.49. The molecule has 0 spiro atoms. The highest BCUT2D eigenvalue weighted by molar-refractivity contribution is 7.12. The van der Waals surface area contributed by atoms with Crippen LogP contribution in [0.1, 0.15) is 59.4 Å². The van der Waals surface area contributed by atoms with Crippen molar-refractivity contribution in [2.24, 2.45) is 0 Å². The van der Waals surface area contributed by atoms with Gasteiger partial charge in [-0.1, -0.05) is 13.8 Å². The Balaban J connectivity index is 2.32. The molecule has 0 bridgehead atoms. The molecule has 114 valence electrons. The summed E-state index contributed by atoms with van der Waals surface area (Å²) < 4.78 is 0. The molecule has 1 atom stereocenters. The molecule has 2 aromatic heterocycles. The lowest BCUT2D eigenvalue weighted by atomic mass is 10.1. The number of nitrogen functional groups attached to an aromatic ring is 1. The fourth-order valence-corrected chi connectivity index (χ4v) is 3.34. The van der Waals surface area contributed by atoms with E-state index in [2.05, 4.69) is 56.0 Å². The van der Waals surface area contributed by atoms with Gasteiger partial charge in [0, 0.05) is 21.2 Å². The van der Waals surface area contributed by atoms with Crippen LogP contribution >= 0.6 is 11.3 Å². The van der Waals surface area contributed by atoms with E-state index in [0.29, 0.717) is 5.82 Å².